The molecular weight excluding hydrogens is 987 g/mol. The van der Waals surface area contributed by atoms with Gasteiger partial charge in [-0.3, -0.25) is 38.9 Å². The van der Waals surface area contributed by atoms with Crippen molar-refractivity contribution in [3.63, 3.8) is 0 Å². The number of aliphatic carboxylic acids is 4. The Kier molecular flexibility index (Phi) is 29.8. The highest BCUT2D eigenvalue weighted by molar-refractivity contribution is 6.00. The second kappa shape index (κ2) is 35.0. The number of aliphatic imine (C=N–C) groups is 1. The van der Waals surface area contributed by atoms with Gasteiger partial charge in [-0.2, -0.15) is 0 Å². The number of carboxylic acids is 4. The Morgan fingerprint density at radius 1 is 0.773 bits per heavy atom. The second-order valence-electron chi connectivity index (χ2n) is 17.3. The molecule has 0 spiro atoms. The summed E-state index contributed by atoms with van der Waals surface area (Å²) in [6.07, 6.45) is 2.74. The zero-order valence-corrected chi connectivity index (χ0v) is 42.1. The number of nitrogens with two attached hydrogens (primary N) is 3. The maximum Gasteiger partial charge on any atom is 0.255 e. The number of carboxylic acid groups (broad SMARTS) is 4. The largest absolute Gasteiger partial charge is 0.834 e. The average Bonchev–Trinajstić information content (AvgIpc) is 3.36. The fraction of sp³-hybridized carbons (Fsp3) is 0.542. The lowest BCUT2D eigenvalue weighted by atomic mass is 9.97. The molecule has 0 aliphatic heterocycles. The predicted molar refractivity (Wildman–Crippen MR) is 258 cm³/mol. The first-order chi connectivity index (χ1) is 35.7. The molecule has 27 heteroatoms. The van der Waals surface area contributed by atoms with Crippen molar-refractivity contribution in [3.05, 3.63) is 54.1 Å². The van der Waals surface area contributed by atoms with Crippen LogP contribution in [0.15, 0.2) is 53.5 Å². The van der Waals surface area contributed by atoms with Crippen LogP contribution in [0, 0.1) is 5.92 Å². The zero-order valence-electron chi connectivity index (χ0n) is 42.1. The molecule has 0 saturated heterocycles. The van der Waals surface area contributed by atoms with Crippen LogP contribution in [0.3, 0.4) is 0 Å². The third-order valence-corrected chi connectivity index (χ3v) is 11.5. The zero-order chi connectivity index (χ0) is 55.9. The van der Waals surface area contributed by atoms with Crippen molar-refractivity contribution in [2.75, 3.05) is 85.6 Å². The fourth-order valence-electron chi connectivity index (χ4n) is 7.46. The summed E-state index contributed by atoms with van der Waals surface area (Å²) in [4.78, 5) is 120. The molecule has 0 aliphatic rings. The summed E-state index contributed by atoms with van der Waals surface area (Å²) in [6, 6.07) is 8.74. The average molecular weight is 1060 g/mol. The molecule has 0 aliphatic carbocycles. The predicted octanol–water partition coefficient (Wildman–Crippen LogP) is -8.09. The van der Waals surface area contributed by atoms with Crippen LogP contribution in [-0.4, -0.2) is 184 Å². The van der Waals surface area contributed by atoms with Gasteiger partial charge < -0.3 is 97.4 Å². The minimum atomic E-state index is -1.64. The second-order valence-corrected chi connectivity index (χ2v) is 17.3. The van der Waals surface area contributed by atoms with E-state index in [2.05, 4.69) is 26.3 Å². The quantitative estimate of drug-likeness (QED) is 0.0107. The van der Waals surface area contributed by atoms with Gasteiger partial charge in [0.15, 0.2) is 5.96 Å². The highest BCUT2D eigenvalue weighted by Crippen LogP contribution is 2.27. The van der Waals surface area contributed by atoms with Crippen molar-refractivity contribution in [1.82, 2.24) is 36.0 Å². The highest BCUT2D eigenvalue weighted by atomic mass is 16.6. The lowest BCUT2D eigenvalue weighted by Gasteiger charge is -2.36. The summed E-state index contributed by atoms with van der Waals surface area (Å²) in [5, 5.41) is 68.3. The number of carbonyl (C=O) groups is 9. The van der Waals surface area contributed by atoms with Crippen LogP contribution < -0.4 is 68.7 Å². The monoisotopic (exact) mass is 1050 g/mol. The molecule has 27 nitrogen and oxygen atoms in total. The van der Waals surface area contributed by atoms with Gasteiger partial charge in [-0.25, -0.2) is 0 Å². The maximum atomic E-state index is 14.1. The topological polar surface area (TPSA) is 436 Å². The Bertz CT molecular complexity index is 2190. The molecule has 0 saturated carbocycles. The number of unbranched alkanes of at least 4 members (excludes halogenated alkanes) is 1. The minimum absolute atomic E-state index is 0.0477. The number of carbonyl (C=O) groups excluding carboxylic acids is 9. The van der Waals surface area contributed by atoms with E-state index in [1.807, 2.05) is 0 Å². The fourth-order valence-corrected chi connectivity index (χ4v) is 7.46. The van der Waals surface area contributed by atoms with E-state index in [9.17, 15) is 68.7 Å². The van der Waals surface area contributed by atoms with Crippen molar-refractivity contribution >= 4 is 59.8 Å². The Hall–Kier alpha value is -7.30. The smallest absolute Gasteiger partial charge is 0.255 e. The van der Waals surface area contributed by atoms with Gasteiger partial charge >= 0.3 is 0 Å². The van der Waals surface area contributed by atoms with Crippen LogP contribution in [0.25, 0.3) is 11.1 Å². The summed E-state index contributed by atoms with van der Waals surface area (Å²) in [5.74, 6) is -10.4. The molecule has 0 radical (unpaired) electrons. The molecule has 2 aromatic rings. The van der Waals surface area contributed by atoms with E-state index < -0.39 is 137 Å². The minimum Gasteiger partial charge on any atom is -0.834 e. The van der Waals surface area contributed by atoms with Crippen LogP contribution in [0.2, 0.25) is 0 Å². The van der Waals surface area contributed by atoms with Crippen LogP contribution in [0.1, 0.15) is 62.7 Å². The molecule has 0 fully saturated rings. The van der Waals surface area contributed by atoms with Crippen LogP contribution in [0.4, 0.5) is 0 Å². The van der Waals surface area contributed by atoms with Gasteiger partial charge in [-0.1, -0.05) is 56.7 Å². The molecule has 75 heavy (non-hydrogen) atoms. The summed E-state index contributed by atoms with van der Waals surface area (Å²) in [7, 11) is 0. The number of nitrogens with zero attached hydrogens (tertiary/aromatic N) is 4. The highest BCUT2D eigenvalue weighted by Gasteiger charge is 2.31. The Morgan fingerprint density at radius 2 is 1.41 bits per heavy atom. The molecule has 1 unspecified atom stereocenters. The van der Waals surface area contributed by atoms with Gasteiger partial charge in [-0.05, 0) is 74.6 Å². The molecule has 2 rings (SSSR count). The summed E-state index contributed by atoms with van der Waals surface area (Å²) in [6.45, 7) is -3.59. The molecule has 10 N–H and O–H groups in total. The third-order valence-electron chi connectivity index (χ3n) is 11.5. The first kappa shape index (κ1) is 63.8. The first-order valence-corrected chi connectivity index (χ1v) is 24.1. The number of hydrogen-bond donors (Lipinski definition) is 7. The molecule has 5 atom stereocenters. The Balaban J connectivity index is 2.48. The van der Waals surface area contributed by atoms with E-state index in [0.717, 1.165) is 14.7 Å². The van der Waals surface area contributed by atoms with Gasteiger partial charge in [0.2, 0.25) is 17.7 Å². The van der Waals surface area contributed by atoms with Gasteiger partial charge in [0, 0.05) is 52.4 Å². The number of hydrogen-bond acceptors (Lipinski definition) is 21. The number of amides is 4. The van der Waals surface area contributed by atoms with E-state index in [0.29, 0.717) is 49.6 Å². The van der Waals surface area contributed by atoms with Gasteiger partial charge in [0.1, 0.15) is 30.7 Å². The van der Waals surface area contributed by atoms with Crippen molar-refractivity contribution in [2.45, 2.75) is 76.5 Å². The Labute approximate surface area is 434 Å². The van der Waals surface area contributed by atoms with Crippen molar-refractivity contribution in [2.24, 2.45) is 28.1 Å². The number of ether oxygens (including phenoxy) is 2. The van der Waals surface area contributed by atoms with Crippen LogP contribution in [0.5, 0.6) is 5.75 Å². The molecule has 0 bridgehead atoms. The number of guanidine groups is 1. The summed E-state index contributed by atoms with van der Waals surface area (Å²) < 4.78 is 11.1. The van der Waals surface area contributed by atoms with Crippen LogP contribution in [-0.2, 0) is 43.1 Å². The number of aldehydes is 1. The summed E-state index contributed by atoms with van der Waals surface area (Å²) >= 11 is 0. The lowest BCUT2D eigenvalue weighted by molar-refractivity contribution is -0.435. The van der Waals surface area contributed by atoms with Crippen molar-refractivity contribution < 1.29 is 78.2 Å². The van der Waals surface area contributed by atoms with Crippen molar-refractivity contribution in [3.8, 4) is 16.9 Å². The normalized spacial score (nSPS) is 13.2. The van der Waals surface area contributed by atoms with E-state index in [4.69, 9.17) is 26.7 Å². The number of benzene rings is 2. The number of rotatable bonds is 40. The van der Waals surface area contributed by atoms with E-state index in [1.54, 1.807) is 50.2 Å². The molecular formula is C48H68N11O16-5. The van der Waals surface area contributed by atoms with E-state index in [1.165, 1.54) is 12.1 Å². The number of nitrogens with one attached hydrogen (secondary N) is 4. The lowest BCUT2D eigenvalue weighted by Crippen LogP contribution is -2.57. The molecule has 0 aromatic heterocycles. The SMILES string of the molecule is CC[C@@H](C)[C@H](NC(=O)CNC(=O)c1cc(-c2ccccc2)ccc1OCC(CN(CCN(CC(=O)[O-])CC(=O)[O-])CC(=O)[O-])N(COC[O-])CC(=O)[O-])C(=O)N[C@@H](CCCN=C(N)N)C(=O)N[C@@H](C=O)CCCCN. The molecule has 416 valence electrons. The van der Waals surface area contributed by atoms with Gasteiger partial charge in [0.05, 0.1) is 54.8 Å². The van der Waals surface area contributed by atoms with Gasteiger partial charge in [0.25, 0.3) is 5.91 Å². The first-order valence-electron chi connectivity index (χ1n) is 24.1. The third kappa shape index (κ3) is 25.5. The van der Waals surface area contributed by atoms with Crippen molar-refractivity contribution in [1.29, 1.82) is 0 Å². The summed E-state index contributed by atoms with van der Waals surface area (Å²) in [5.41, 5.74) is 17.5. The molecule has 4 amide bonds. The molecule has 0 heterocycles. The maximum absolute atomic E-state index is 14.1. The van der Waals surface area contributed by atoms with Crippen LogP contribution >= 0.6 is 0 Å². The Morgan fingerprint density at radius 3 is 2.00 bits per heavy atom. The van der Waals surface area contributed by atoms with E-state index in [-0.39, 0.29) is 49.7 Å². The standard InChI is InChI=1S/C48H72N11O16/c1-3-31(2)44(47(73)55-37(13-9-17-52-48(50)51)46(72)54-34(27-60)12-7-8-16-49)56-39(62)21-53-45(71)36-20-33(32-10-5-4-6-11-32)14-15-38(36)75-28-35(59(26-43(69)70)29-74-30-61)22-57(23-40(63)64)18-19-58(24-41(65)66)25-42(67)68/h4-6,10-11,14-15,20,27,31,34-35,37,44H,3,7-9,12-13,16-19,21-26,28-30,49H2,1-2H3,(H,53,71)(H,54,72)(H,55,73)(H,56,62)(H,63,64)(H,65,66)(H,67,68)(H,69,70)(H4,50,51,52)/q-1/p-4/t31-,34-,35?,37+,44+/m1/s1. The van der Waals surface area contributed by atoms with Gasteiger partial charge in [-0.15, -0.1) is 0 Å². The molecule has 2 aromatic carbocycles. The van der Waals surface area contributed by atoms with E-state index >= 15 is 0 Å².